The van der Waals surface area contributed by atoms with Crippen molar-refractivity contribution in [3.8, 4) is 0 Å². The Balaban J connectivity index is 2.50. The predicted octanol–water partition coefficient (Wildman–Crippen LogP) is 2.19. The quantitative estimate of drug-likeness (QED) is 0.853. The minimum atomic E-state index is 0.620. The highest BCUT2D eigenvalue weighted by Crippen LogP contribution is 2.17. The molecule has 3 nitrogen and oxygen atoms in total. The van der Waals surface area contributed by atoms with E-state index < -0.39 is 0 Å². The number of imidazole rings is 1. The molecule has 1 aromatic carbocycles. The fraction of sp³-hybridized carbons (Fsp3) is 0.462. The fourth-order valence-corrected chi connectivity index (χ4v) is 2.01. The van der Waals surface area contributed by atoms with Crippen molar-refractivity contribution < 1.29 is 0 Å². The summed E-state index contributed by atoms with van der Waals surface area (Å²) in [7, 11) is 0. The van der Waals surface area contributed by atoms with Gasteiger partial charge in [-0.05, 0) is 24.6 Å². The Kier molecular flexibility index (Phi) is 3.25. The molecule has 0 fully saturated rings. The summed E-state index contributed by atoms with van der Waals surface area (Å²) in [4.78, 5) is 4.64. The highest BCUT2D eigenvalue weighted by molar-refractivity contribution is 5.75. The van der Waals surface area contributed by atoms with Crippen molar-refractivity contribution in [2.24, 2.45) is 11.7 Å². The Bertz CT molecular complexity index is 471. The molecule has 86 valence electrons. The molecule has 0 aliphatic rings. The number of rotatable bonds is 4. The number of nitrogens with zero attached hydrogens (tertiary/aromatic N) is 2. The maximum absolute atomic E-state index is 5.63. The van der Waals surface area contributed by atoms with E-state index in [-0.39, 0.29) is 0 Å². The third-order valence-corrected chi connectivity index (χ3v) is 2.65. The second-order valence-electron chi connectivity index (χ2n) is 4.56. The molecule has 0 spiro atoms. The van der Waals surface area contributed by atoms with E-state index in [1.54, 1.807) is 0 Å². The summed E-state index contributed by atoms with van der Waals surface area (Å²) < 4.78 is 2.30. The van der Waals surface area contributed by atoms with Crippen molar-refractivity contribution in [2.75, 3.05) is 6.54 Å². The average molecular weight is 217 g/mol. The van der Waals surface area contributed by atoms with E-state index in [0.717, 1.165) is 24.3 Å². The molecule has 2 rings (SSSR count). The van der Waals surface area contributed by atoms with E-state index in [2.05, 4.69) is 41.6 Å². The van der Waals surface area contributed by atoms with E-state index in [9.17, 15) is 0 Å². The second-order valence-corrected chi connectivity index (χ2v) is 4.56. The first kappa shape index (κ1) is 11.1. The molecule has 3 heteroatoms. The van der Waals surface area contributed by atoms with Crippen molar-refractivity contribution in [2.45, 2.75) is 26.8 Å². The van der Waals surface area contributed by atoms with Gasteiger partial charge in [0, 0.05) is 13.0 Å². The Morgan fingerprint density at radius 3 is 2.75 bits per heavy atom. The first-order valence-corrected chi connectivity index (χ1v) is 5.86. The molecule has 0 saturated heterocycles. The zero-order valence-corrected chi connectivity index (χ0v) is 9.98. The van der Waals surface area contributed by atoms with Gasteiger partial charge in [-0.3, -0.25) is 0 Å². The van der Waals surface area contributed by atoms with Crippen LogP contribution in [0.5, 0.6) is 0 Å². The van der Waals surface area contributed by atoms with Gasteiger partial charge in [-0.2, -0.15) is 0 Å². The van der Waals surface area contributed by atoms with E-state index in [1.807, 2.05) is 6.07 Å². The fourth-order valence-electron chi connectivity index (χ4n) is 2.01. The molecule has 1 heterocycles. The zero-order valence-electron chi connectivity index (χ0n) is 9.98. The summed E-state index contributed by atoms with van der Waals surface area (Å²) in [6, 6.07) is 8.28. The van der Waals surface area contributed by atoms with Gasteiger partial charge in [0.15, 0.2) is 0 Å². The number of hydrogen-bond donors (Lipinski definition) is 1. The maximum atomic E-state index is 5.63. The number of fused-ring (bicyclic) bond motifs is 1. The lowest BCUT2D eigenvalue weighted by atomic mass is 10.2. The summed E-state index contributed by atoms with van der Waals surface area (Å²) in [5.74, 6) is 1.73. The van der Waals surface area contributed by atoms with E-state index in [4.69, 9.17) is 5.73 Å². The largest absolute Gasteiger partial charge is 0.330 e. The third kappa shape index (κ3) is 2.09. The van der Waals surface area contributed by atoms with Crippen LogP contribution < -0.4 is 5.73 Å². The number of nitrogens with two attached hydrogens (primary N) is 1. The van der Waals surface area contributed by atoms with Crippen LogP contribution in [0.2, 0.25) is 0 Å². The van der Waals surface area contributed by atoms with Gasteiger partial charge in [0.05, 0.1) is 11.0 Å². The Hall–Kier alpha value is -1.35. The number of aromatic nitrogens is 2. The molecule has 0 bridgehead atoms. The van der Waals surface area contributed by atoms with Crippen LogP contribution >= 0.6 is 0 Å². The van der Waals surface area contributed by atoms with E-state index in [0.29, 0.717) is 12.5 Å². The Morgan fingerprint density at radius 2 is 2.06 bits per heavy atom. The molecule has 0 amide bonds. The lowest BCUT2D eigenvalue weighted by molar-refractivity contribution is 0.517. The first-order chi connectivity index (χ1) is 7.72. The maximum Gasteiger partial charge on any atom is 0.111 e. The molecule has 0 aliphatic heterocycles. The number of hydrogen-bond acceptors (Lipinski definition) is 2. The highest BCUT2D eigenvalue weighted by atomic mass is 15.1. The molecule has 2 N–H and O–H groups in total. The van der Waals surface area contributed by atoms with Gasteiger partial charge in [0.2, 0.25) is 0 Å². The Morgan fingerprint density at radius 1 is 1.31 bits per heavy atom. The van der Waals surface area contributed by atoms with E-state index in [1.165, 1.54) is 5.52 Å². The molecule has 0 saturated carbocycles. The van der Waals surface area contributed by atoms with Crippen LogP contribution in [0.15, 0.2) is 24.3 Å². The van der Waals surface area contributed by atoms with Gasteiger partial charge in [-0.25, -0.2) is 4.98 Å². The third-order valence-electron chi connectivity index (χ3n) is 2.65. The molecular formula is C13H19N3. The molecule has 0 aliphatic carbocycles. The topological polar surface area (TPSA) is 43.8 Å². The van der Waals surface area contributed by atoms with Crippen molar-refractivity contribution >= 4 is 11.0 Å². The SMILES string of the molecule is CC(C)Cn1c(CCN)nc2ccccc21. The van der Waals surface area contributed by atoms with Gasteiger partial charge < -0.3 is 10.3 Å². The summed E-state index contributed by atoms with van der Waals surface area (Å²) in [6.07, 6.45) is 0.849. The second kappa shape index (κ2) is 4.66. The van der Waals surface area contributed by atoms with Crippen molar-refractivity contribution in [1.29, 1.82) is 0 Å². The van der Waals surface area contributed by atoms with Crippen LogP contribution in [0.3, 0.4) is 0 Å². The molecule has 16 heavy (non-hydrogen) atoms. The van der Waals surface area contributed by atoms with Crippen LogP contribution in [0.4, 0.5) is 0 Å². The summed E-state index contributed by atoms with van der Waals surface area (Å²) in [5, 5.41) is 0. The van der Waals surface area contributed by atoms with Gasteiger partial charge in [-0.15, -0.1) is 0 Å². The first-order valence-electron chi connectivity index (χ1n) is 5.86. The zero-order chi connectivity index (χ0) is 11.5. The van der Waals surface area contributed by atoms with Crippen molar-refractivity contribution in [3.05, 3.63) is 30.1 Å². The smallest absolute Gasteiger partial charge is 0.111 e. The molecule has 0 unspecified atom stereocenters. The van der Waals surface area contributed by atoms with Crippen LogP contribution in [0, 0.1) is 5.92 Å². The van der Waals surface area contributed by atoms with Crippen LogP contribution in [0.1, 0.15) is 19.7 Å². The summed E-state index contributed by atoms with van der Waals surface area (Å²) >= 11 is 0. The van der Waals surface area contributed by atoms with Crippen molar-refractivity contribution in [3.63, 3.8) is 0 Å². The Labute approximate surface area is 96.3 Å². The van der Waals surface area contributed by atoms with Gasteiger partial charge in [0.1, 0.15) is 5.82 Å². The molecule has 0 atom stereocenters. The van der Waals surface area contributed by atoms with Crippen LogP contribution in [-0.4, -0.2) is 16.1 Å². The van der Waals surface area contributed by atoms with Crippen LogP contribution in [0.25, 0.3) is 11.0 Å². The van der Waals surface area contributed by atoms with Gasteiger partial charge in [-0.1, -0.05) is 26.0 Å². The van der Waals surface area contributed by atoms with Gasteiger partial charge in [0.25, 0.3) is 0 Å². The molecular weight excluding hydrogens is 198 g/mol. The monoisotopic (exact) mass is 217 g/mol. The summed E-state index contributed by atoms with van der Waals surface area (Å²) in [6.45, 7) is 6.11. The summed E-state index contributed by atoms with van der Waals surface area (Å²) in [5.41, 5.74) is 7.93. The minimum absolute atomic E-state index is 0.620. The predicted molar refractivity (Wildman–Crippen MR) is 67.3 cm³/mol. The van der Waals surface area contributed by atoms with Gasteiger partial charge >= 0.3 is 0 Å². The molecule has 1 aromatic heterocycles. The number of benzene rings is 1. The molecule has 2 aromatic rings. The van der Waals surface area contributed by atoms with Crippen LogP contribution in [-0.2, 0) is 13.0 Å². The number of para-hydroxylation sites is 2. The lowest BCUT2D eigenvalue weighted by Gasteiger charge is -2.11. The lowest BCUT2D eigenvalue weighted by Crippen LogP contribution is -2.12. The van der Waals surface area contributed by atoms with E-state index >= 15 is 0 Å². The average Bonchev–Trinajstić information content (AvgIpc) is 2.57. The highest BCUT2D eigenvalue weighted by Gasteiger charge is 2.10. The van der Waals surface area contributed by atoms with Crippen molar-refractivity contribution in [1.82, 2.24) is 9.55 Å². The standard InChI is InChI=1S/C13H19N3/c1-10(2)9-16-12-6-4-3-5-11(12)15-13(16)7-8-14/h3-6,10H,7-9,14H2,1-2H3. The normalized spacial score (nSPS) is 11.5. The molecule has 0 radical (unpaired) electrons. The minimum Gasteiger partial charge on any atom is -0.330 e.